The van der Waals surface area contributed by atoms with E-state index in [0.29, 0.717) is 11.9 Å². The number of aryl methyl sites for hydroxylation is 1. The van der Waals surface area contributed by atoms with Crippen LogP contribution in [-0.2, 0) is 11.3 Å². The van der Waals surface area contributed by atoms with Crippen LogP contribution in [0.3, 0.4) is 0 Å². The van der Waals surface area contributed by atoms with Gasteiger partial charge < -0.3 is 19.4 Å². The van der Waals surface area contributed by atoms with Gasteiger partial charge in [-0.2, -0.15) is 0 Å². The summed E-state index contributed by atoms with van der Waals surface area (Å²) in [4.78, 5) is 22.3. The molecule has 1 N–H and O–H groups in total. The van der Waals surface area contributed by atoms with E-state index in [1.807, 2.05) is 12.1 Å². The number of hydrogen-bond acceptors (Lipinski definition) is 6. The molecule has 7 nitrogen and oxygen atoms in total. The Bertz CT molecular complexity index is 1110. The number of rotatable bonds is 8. The van der Waals surface area contributed by atoms with Crippen molar-refractivity contribution in [2.45, 2.75) is 38.8 Å². The van der Waals surface area contributed by atoms with Crippen LogP contribution in [0.15, 0.2) is 65.4 Å². The van der Waals surface area contributed by atoms with Crippen LogP contribution in [0.5, 0.6) is 5.75 Å². The van der Waals surface area contributed by atoms with Crippen molar-refractivity contribution >= 4 is 11.9 Å². The monoisotopic (exact) mass is 488 g/mol. The van der Waals surface area contributed by atoms with Gasteiger partial charge in [-0.15, -0.1) is 0 Å². The van der Waals surface area contributed by atoms with Gasteiger partial charge in [0.15, 0.2) is 0 Å². The van der Waals surface area contributed by atoms with E-state index in [0.717, 1.165) is 63.3 Å². The van der Waals surface area contributed by atoms with Crippen LogP contribution in [0, 0.1) is 18.8 Å². The highest BCUT2D eigenvalue weighted by Gasteiger charge is 2.35. The predicted octanol–water partition coefficient (Wildman–Crippen LogP) is 4.59. The van der Waals surface area contributed by atoms with Crippen molar-refractivity contribution < 1.29 is 13.9 Å². The molecule has 3 atom stereocenters. The van der Waals surface area contributed by atoms with E-state index in [1.165, 1.54) is 11.1 Å². The van der Waals surface area contributed by atoms with E-state index < -0.39 is 0 Å². The topological polar surface area (TPSA) is 70.8 Å². The number of nitrogens with zero attached hydrogens (tertiary/aromatic N) is 3. The molecule has 2 fully saturated rings. The summed E-state index contributed by atoms with van der Waals surface area (Å²) in [5, 5.41) is 3.28. The summed E-state index contributed by atoms with van der Waals surface area (Å²) in [5.74, 6) is 1.45. The van der Waals surface area contributed by atoms with E-state index in [9.17, 15) is 4.79 Å². The van der Waals surface area contributed by atoms with Gasteiger partial charge in [0, 0.05) is 32.1 Å². The van der Waals surface area contributed by atoms with Gasteiger partial charge in [-0.25, -0.2) is 4.98 Å². The van der Waals surface area contributed by atoms with Gasteiger partial charge in [-0.3, -0.25) is 9.69 Å². The molecule has 0 radical (unpaired) electrons. The molecule has 0 aliphatic carbocycles. The van der Waals surface area contributed by atoms with Crippen molar-refractivity contribution in [1.82, 2.24) is 15.2 Å². The van der Waals surface area contributed by atoms with Gasteiger partial charge in [0.2, 0.25) is 5.91 Å². The summed E-state index contributed by atoms with van der Waals surface area (Å²) in [7, 11) is 1.67. The van der Waals surface area contributed by atoms with Crippen LogP contribution in [0.25, 0.3) is 0 Å². The van der Waals surface area contributed by atoms with Crippen molar-refractivity contribution in [3.8, 4) is 5.75 Å². The van der Waals surface area contributed by atoms with Crippen LogP contribution in [0.1, 0.15) is 42.0 Å². The lowest BCUT2D eigenvalue weighted by Gasteiger charge is -2.38. The third-order valence-corrected chi connectivity index (χ3v) is 7.60. The maximum Gasteiger partial charge on any atom is 0.297 e. The first-order valence-corrected chi connectivity index (χ1v) is 12.9. The first-order valence-electron chi connectivity index (χ1n) is 12.9. The highest BCUT2D eigenvalue weighted by Crippen LogP contribution is 2.37. The lowest BCUT2D eigenvalue weighted by atomic mass is 9.86. The molecule has 2 aliphatic heterocycles. The lowest BCUT2D eigenvalue weighted by molar-refractivity contribution is -0.126. The lowest BCUT2D eigenvalue weighted by Crippen LogP contribution is -2.43. The molecule has 0 saturated carbocycles. The number of aromatic nitrogens is 1. The minimum absolute atomic E-state index is 0.0236. The Balaban J connectivity index is 1.17. The molecule has 36 heavy (non-hydrogen) atoms. The van der Waals surface area contributed by atoms with Crippen LogP contribution in [0.4, 0.5) is 6.01 Å². The maximum absolute atomic E-state index is 13.2. The summed E-state index contributed by atoms with van der Waals surface area (Å²) in [6.07, 6.45) is 5.91. The number of anilines is 1. The molecule has 5 rings (SSSR count). The van der Waals surface area contributed by atoms with E-state index in [2.05, 4.69) is 63.4 Å². The van der Waals surface area contributed by atoms with Gasteiger partial charge in [0.1, 0.15) is 12.0 Å². The fourth-order valence-electron chi connectivity index (χ4n) is 5.50. The number of hydrogen-bond donors (Lipinski definition) is 1. The second kappa shape index (κ2) is 11.2. The molecule has 2 aromatic carbocycles. The zero-order valence-electron chi connectivity index (χ0n) is 21.2. The predicted molar refractivity (Wildman–Crippen MR) is 140 cm³/mol. The third kappa shape index (κ3) is 5.73. The molecule has 2 saturated heterocycles. The van der Waals surface area contributed by atoms with Gasteiger partial charge >= 0.3 is 0 Å². The molecular formula is C29H36N4O3. The number of amides is 1. The normalized spacial score (nSPS) is 22.5. The molecule has 1 amide bonds. The molecule has 0 bridgehead atoms. The number of oxazole rings is 1. The van der Waals surface area contributed by atoms with Crippen LogP contribution in [-0.4, -0.2) is 49.1 Å². The highest BCUT2D eigenvalue weighted by molar-refractivity contribution is 5.79. The Morgan fingerprint density at radius 2 is 1.92 bits per heavy atom. The number of methoxy groups -OCH3 is 1. The molecule has 7 heteroatoms. The molecule has 3 unspecified atom stereocenters. The first kappa shape index (κ1) is 24.4. The molecule has 3 heterocycles. The average molecular weight is 489 g/mol. The quantitative estimate of drug-likeness (QED) is 0.500. The smallest absolute Gasteiger partial charge is 0.297 e. The Morgan fingerprint density at radius 1 is 1.11 bits per heavy atom. The van der Waals surface area contributed by atoms with Crippen LogP contribution in [0.2, 0.25) is 0 Å². The van der Waals surface area contributed by atoms with E-state index in [-0.39, 0.29) is 17.9 Å². The second-order valence-corrected chi connectivity index (χ2v) is 10.1. The summed E-state index contributed by atoms with van der Waals surface area (Å²) in [6, 6.07) is 17.5. The van der Waals surface area contributed by atoms with Crippen molar-refractivity contribution in [2.75, 3.05) is 38.2 Å². The fourth-order valence-corrected chi connectivity index (χ4v) is 5.50. The molecule has 2 aliphatic rings. The number of nitrogens with one attached hydrogen (secondary N) is 1. The summed E-state index contributed by atoms with van der Waals surface area (Å²) >= 11 is 0. The van der Waals surface area contributed by atoms with Crippen LogP contribution >= 0.6 is 0 Å². The number of likely N-dealkylation sites (tertiary alicyclic amines) is 1. The maximum atomic E-state index is 13.2. The number of carbonyl (C=O) groups is 1. The minimum atomic E-state index is -0.0339. The molecule has 3 aromatic rings. The largest absolute Gasteiger partial charge is 0.497 e. The number of piperidine rings is 1. The van der Waals surface area contributed by atoms with Gasteiger partial charge in [0.05, 0.1) is 19.3 Å². The van der Waals surface area contributed by atoms with Crippen molar-refractivity contribution in [3.63, 3.8) is 0 Å². The van der Waals surface area contributed by atoms with E-state index in [4.69, 9.17) is 9.15 Å². The molecular weight excluding hydrogens is 452 g/mol. The molecule has 1 aromatic heterocycles. The minimum Gasteiger partial charge on any atom is -0.497 e. The van der Waals surface area contributed by atoms with Gasteiger partial charge in [-0.1, -0.05) is 42.0 Å². The Hall–Kier alpha value is -3.32. The van der Waals surface area contributed by atoms with Gasteiger partial charge in [-0.05, 0) is 61.9 Å². The average Bonchev–Trinajstić information content (AvgIpc) is 3.61. The molecule has 190 valence electrons. The third-order valence-electron chi connectivity index (χ3n) is 7.60. The first-order chi connectivity index (χ1) is 17.6. The Labute approximate surface area is 213 Å². The Morgan fingerprint density at radius 3 is 2.64 bits per heavy atom. The molecule has 0 spiro atoms. The standard InChI is InChI=1S/C29H36N4O3/c1-21-3-5-22(6-4-21)19-32-14-11-23(20-32)18-31-28(34)25-12-15-33(29-30-13-16-36-29)27(17-25)24-7-9-26(35-2)10-8-24/h3-10,13,16,23,25,27H,11-12,14-15,17-20H2,1-2H3,(H,31,34). The van der Waals surface area contributed by atoms with Crippen molar-refractivity contribution in [3.05, 3.63) is 77.7 Å². The number of carbonyl (C=O) groups excluding carboxylic acids is 1. The zero-order chi connectivity index (χ0) is 24.9. The van der Waals surface area contributed by atoms with E-state index >= 15 is 0 Å². The zero-order valence-corrected chi connectivity index (χ0v) is 21.2. The fraction of sp³-hybridized carbons (Fsp3) is 0.448. The second-order valence-electron chi connectivity index (χ2n) is 10.1. The van der Waals surface area contributed by atoms with Crippen molar-refractivity contribution in [2.24, 2.45) is 11.8 Å². The Kier molecular flexibility index (Phi) is 7.56. The summed E-state index contributed by atoms with van der Waals surface area (Å²) in [6.45, 7) is 6.69. The van der Waals surface area contributed by atoms with Crippen LogP contribution < -0.4 is 15.0 Å². The summed E-state index contributed by atoms with van der Waals surface area (Å²) < 4.78 is 11.0. The number of ether oxygens (including phenoxy) is 1. The SMILES string of the molecule is COc1ccc(C2CC(C(=O)NCC3CCN(Cc4ccc(C)cc4)C3)CCN2c2ncco2)cc1. The highest BCUT2D eigenvalue weighted by atomic mass is 16.5. The summed E-state index contributed by atoms with van der Waals surface area (Å²) in [5.41, 5.74) is 3.78. The number of benzene rings is 2. The van der Waals surface area contributed by atoms with E-state index in [1.54, 1.807) is 19.6 Å². The van der Waals surface area contributed by atoms with Crippen molar-refractivity contribution in [1.29, 1.82) is 0 Å². The van der Waals surface area contributed by atoms with Gasteiger partial charge in [0.25, 0.3) is 6.01 Å².